The van der Waals surface area contributed by atoms with Crippen molar-refractivity contribution in [2.45, 2.75) is 11.8 Å². The van der Waals surface area contributed by atoms with Gasteiger partial charge in [-0.25, -0.2) is 0 Å². The molecule has 0 aromatic heterocycles. The fourth-order valence-electron chi connectivity index (χ4n) is 2.23. The summed E-state index contributed by atoms with van der Waals surface area (Å²) < 4.78 is 30.8. The summed E-state index contributed by atoms with van der Waals surface area (Å²) in [5.41, 5.74) is 1.43. The summed E-state index contributed by atoms with van der Waals surface area (Å²) in [7, 11) is -2.38. The molecule has 0 radical (unpaired) electrons. The number of para-hydroxylation sites is 1. The molecular formula is C18H15NO4S3. The Morgan fingerprint density at radius 1 is 1.12 bits per heavy atom. The van der Waals surface area contributed by atoms with Crippen LogP contribution in [0.1, 0.15) is 11.1 Å². The lowest BCUT2D eigenvalue weighted by atomic mass is 10.2. The van der Waals surface area contributed by atoms with E-state index in [-0.39, 0.29) is 16.6 Å². The van der Waals surface area contributed by atoms with E-state index in [1.165, 1.54) is 28.8 Å². The zero-order valence-corrected chi connectivity index (χ0v) is 16.5. The third kappa shape index (κ3) is 3.82. The molecule has 1 aliphatic rings. The predicted octanol–water partition coefficient (Wildman–Crippen LogP) is 3.59. The highest BCUT2D eigenvalue weighted by molar-refractivity contribution is 8.26. The number of benzene rings is 2. The van der Waals surface area contributed by atoms with Gasteiger partial charge < -0.3 is 4.18 Å². The summed E-state index contributed by atoms with van der Waals surface area (Å²) in [6, 6.07) is 13.0. The summed E-state index contributed by atoms with van der Waals surface area (Å²) in [5.74, 6) is -0.0781. The Hall–Kier alpha value is -2.16. The molecule has 26 heavy (non-hydrogen) atoms. The van der Waals surface area contributed by atoms with Gasteiger partial charge in [0.05, 0.1) is 4.91 Å². The van der Waals surface area contributed by atoms with Crippen molar-refractivity contribution < 1.29 is 17.4 Å². The van der Waals surface area contributed by atoms with Crippen LogP contribution in [0.5, 0.6) is 5.75 Å². The number of thioether (sulfide) groups is 1. The lowest BCUT2D eigenvalue weighted by molar-refractivity contribution is -0.121. The monoisotopic (exact) mass is 405 g/mol. The molecule has 5 nitrogen and oxygen atoms in total. The molecule has 0 spiro atoms. The van der Waals surface area contributed by atoms with E-state index in [9.17, 15) is 13.2 Å². The molecule has 0 atom stereocenters. The summed E-state index contributed by atoms with van der Waals surface area (Å²) >= 11 is 6.27. The van der Waals surface area contributed by atoms with Crippen LogP contribution in [-0.2, 0) is 14.9 Å². The number of likely N-dealkylation sites (N-methyl/N-ethyl adjacent to an activating group) is 1. The molecule has 2 aromatic rings. The lowest BCUT2D eigenvalue weighted by Gasteiger charge is -2.10. The Morgan fingerprint density at radius 2 is 1.77 bits per heavy atom. The molecule has 0 saturated carbocycles. The number of nitrogens with zero attached hydrogens (tertiary/aromatic N) is 1. The van der Waals surface area contributed by atoms with Crippen molar-refractivity contribution in [3.05, 3.63) is 64.6 Å². The van der Waals surface area contributed by atoms with Crippen molar-refractivity contribution in [3.8, 4) is 5.75 Å². The Morgan fingerprint density at radius 3 is 2.38 bits per heavy atom. The SMILES string of the molecule is Cc1ccc(S(=O)(=O)Oc2ccccc2C=C2SC(=S)N(C)C2=O)cc1. The van der Waals surface area contributed by atoms with Crippen molar-refractivity contribution in [1.29, 1.82) is 0 Å². The van der Waals surface area contributed by atoms with Crippen molar-refractivity contribution >= 4 is 50.4 Å². The number of aryl methyl sites for hydroxylation is 1. The third-order valence-corrected chi connectivity index (χ3v) is 6.43. The molecule has 134 valence electrons. The first-order valence-electron chi connectivity index (χ1n) is 7.60. The lowest BCUT2D eigenvalue weighted by Crippen LogP contribution is -2.22. The normalized spacial score (nSPS) is 16.4. The quantitative estimate of drug-likeness (QED) is 0.440. The number of rotatable bonds is 4. The number of thiocarbonyl (C=S) groups is 1. The number of hydrogen-bond donors (Lipinski definition) is 0. The van der Waals surface area contributed by atoms with Crippen LogP contribution < -0.4 is 4.18 Å². The fraction of sp³-hybridized carbons (Fsp3) is 0.111. The molecule has 1 heterocycles. The van der Waals surface area contributed by atoms with Crippen LogP contribution in [0.15, 0.2) is 58.3 Å². The first-order chi connectivity index (χ1) is 12.3. The van der Waals surface area contributed by atoms with Crippen LogP contribution in [0, 0.1) is 6.92 Å². The van der Waals surface area contributed by atoms with E-state index in [1.807, 2.05) is 6.92 Å². The molecule has 0 aliphatic carbocycles. The number of hydrogen-bond acceptors (Lipinski definition) is 6. The van der Waals surface area contributed by atoms with E-state index in [1.54, 1.807) is 49.5 Å². The standard InChI is InChI=1S/C18H15NO4S3/c1-12-7-9-14(10-8-12)26(21,22)23-15-6-4-3-5-13(15)11-16-17(20)19(2)18(24)25-16/h3-11H,1-2H3. The predicted molar refractivity (Wildman–Crippen MR) is 106 cm³/mol. The molecule has 0 unspecified atom stereocenters. The Labute approximate surface area is 161 Å². The molecular weight excluding hydrogens is 390 g/mol. The second-order valence-electron chi connectivity index (χ2n) is 5.63. The van der Waals surface area contributed by atoms with Crippen LogP contribution in [0.25, 0.3) is 6.08 Å². The zero-order valence-electron chi connectivity index (χ0n) is 14.0. The van der Waals surface area contributed by atoms with Crippen LogP contribution in [-0.4, -0.2) is 30.6 Å². The highest BCUT2D eigenvalue weighted by Crippen LogP contribution is 2.33. The minimum absolute atomic E-state index is 0.0674. The second-order valence-corrected chi connectivity index (χ2v) is 8.85. The fourth-order valence-corrected chi connectivity index (χ4v) is 4.36. The first-order valence-corrected chi connectivity index (χ1v) is 10.2. The maximum atomic E-state index is 12.5. The Bertz CT molecular complexity index is 1010. The van der Waals surface area contributed by atoms with Gasteiger partial charge in [0.25, 0.3) is 5.91 Å². The van der Waals surface area contributed by atoms with E-state index in [2.05, 4.69) is 0 Å². The molecule has 2 aromatic carbocycles. The first kappa shape index (κ1) is 18.6. The molecule has 1 saturated heterocycles. The Balaban J connectivity index is 1.94. The van der Waals surface area contributed by atoms with E-state index in [0.29, 0.717) is 14.8 Å². The maximum Gasteiger partial charge on any atom is 0.339 e. The number of amides is 1. The minimum Gasteiger partial charge on any atom is -0.378 e. The smallest absolute Gasteiger partial charge is 0.339 e. The molecule has 0 N–H and O–H groups in total. The Kier molecular flexibility index (Phi) is 5.17. The largest absolute Gasteiger partial charge is 0.378 e. The minimum atomic E-state index is -3.98. The van der Waals surface area contributed by atoms with E-state index in [4.69, 9.17) is 16.4 Å². The van der Waals surface area contributed by atoms with Gasteiger partial charge in [-0.15, -0.1) is 0 Å². The summed E-state index contributed by atoms with van der Waals surface area (Å²) in [4.78, 5) is 14.0. The molecule has 8 heteroatoms. The van der Waals surface area contributed by atoms with Gasteiger partial charge in [0.1, 0.15) is 15.0 Å². The van der Waals surface area contributed by atoms with Gasteiger partial charge in [-0.1, -0.05) is 59.9 Å². The van der Waals surface area contributed by atoms with Crippen molar-refractivity contribution in [2.75, 3.05) is 7.05 Å². The maximum absolute atomic E-state index is 12.5. The molecule has 1 amide bonds. The second kappa shape index (κ2) is 7.22. The van der Waals surface area contributed by atoms with Crippen LogP contribution in [0.4, 0.5) is 0 Å². The van der Waals surface area contributed by atoms with Gasteiger partial charge in [0.15, 0.2) is 0 Å². The van der Waals surface area contributed by atoms with Crippen LogP contribution in [0.2, 0.25) is 0 Å². The number of carbonyl (C=O) groups is 1. The van der Waals surface area contributed by atoms with E-state index >= 15 is 0 Å². The summed E-state index contributed by atoms with van der Waals surface area (Å²) in [6.07, 6.45) is 1.59. The van der Waals surface area contributed by atoms with Gasteiger partial charge >= 0.3 is 10.1 Å². The summed E-state index contributed by atoms with van der Waals surface area (Å²) in [6.45, 7) is 1.87. The number of carbonyl (C=O) groups excluding carboxylic acids is 1. The molecule has 1 fully saturated rings. The van der Waals surface area contributed by atoms with Crippen LogP contribution in [0.3, 0.4) is 0 Å². The van der Waals surface area contributed by atoms with Gasteiger partial charge in [-0.05, 0) is 31.2 Å². The average molecular weight is 406 g/mol. The molecule has 3 rings (SSSR count). The van der Waals surface area contributed by atoms with Crippen molar-refractivity contribution in [2.24, 2.45) is 0 Å². The van der Waals surface area contributed by atoms with Gasteiger partial charge in [0, 0.05) is 12.6 Å². The highest BCUT2D eigenvalue weighted by Gasteiger charge is 2.29. The topological polar surface area (TPSA) is 63.7 Å². The van der Waals surface area contributed by atoms with Gasteiger partial charge in [0.2, 0.25) is 0 Å². The van der Waals surface area contributed by atoms with E-state index < -0.39 is 10.1 Å². The van der Waals surface area contributed by atoms with Gasteiger partial charge in [-0.2, -0.15) is 8.42 Å². The van der Waals surface area contributed by atoms with Gasteiger partial charge in [-0.3, -0.25) is 9.69 Å². The molecule has 1 aliphatic heterocycles. The highest BCUT2D eigenvalue weighted by atomic mass is 32.2. The third-order valence-electron chi connectivity index (χ3n) is 3.70. The van der Waals surface area contributed by atoms with Crippen molar-refractivity contribution in [1.82, 2.24) is 4.90 Å². The molecule has 0 bridgehead atoms. The van der Waals surface area contributed by atoms with Crippen LogP contribution >= 0.6 is 24.0 Å². The van der Waals surface area contributed by atoms with Crippen molar-refractivity contribution in [3.63, 3.8) is 0 Å². The average Bonchev–Trinajstić information content (AvgIpc) is 2.84. The summed E-state index contributed by atoms with van der Waals surface area (Å²) in [5, 5.41) is 0. The van der Waals surface area contributed by atoms with E-state index in [0.717, 1.165) is 5.56 Å². The zero-order chi connectivity index (χ0) is 18.9.